The number of carbonyl (C=O) groups is 1. The third-order valence-electron chi connectivity index (χ3n) is 3.18. The van der Waals surface area contributed by atoms with Crippen molar-refractivity contribution in [2.24, 2.45) is 0 Å². The molecule has 0 saturated heterocycles. The largest absolute Gasteiger partial charge is 0.507 e. The number of hydrogen-bond donors (Lipinski definition) is 2. The average Bonchev–Trinajstić information content (AvgIpc) is 2.38. The number of carbonyl (C=O) groups excluding carboxylic acids is 1. The standard InChI is InChI=1S/C14H20FNO3/c1-3-11(4-2)16(7-8-17)14(19)12-6-5-10(15)9-13(12)18/h5-6,9,11,17-18H,3-4,7-8H2,1-2H3. The fourth-order valence-corrected chi connectivity index (χ4v) is 2.13. The van der Waals surface area contributed by atoms with Crippen LogP contribution in [0.4, 0.5) is 4.39 Å². The van der Waals surface area contributed by atoms with Crippen LogP contribution in [-0.2, 0) is 0 Å². The topological polar surface area (TPSA) is 60.8 Å². The maximum absolute atomic E-state index is 12.9. The first-order valence-electron chi connectivity index (χ1n) is 6.45. The van der Waals surface area contributed by atoms with Gasteiger partial charge in [0.05, 0.1) is 12.2 Å². The number of aliphatic hydroxyl groups is 1. The molecule has 1 rings (SSSR count). The normalized spacial score (nSPS) is 10.8. The molecule has 2 N–H and O–H groups in total. The number of nitrogens with zero attached hydrogens (tertiary/aromatic N) is 1. The summed E-state index contributed by atoms with van der Waals surface area (Å²) in [7, 11) is 0. The van der Waals surface area contributed by atoms with E-state index in [1.54, 1.807) is 0 Å². The van der Waals surface area contributed by atoms with Crippen LogP contribution in [0.5, 0.6) is 5.75 Å². The molecule has 4 nitrogen and oxygen atoms in total. The van der Waals surface area contributed by atoms with Gasteiger partial charge in [-0.2, -0.15) is 0 Å². The molecule has 0 bridgehead atoms. The maximum Gasteiger partial charge on any atom is 0.257 e. The van der Waals surface area contributed by atoms with E-state index < -0.39 is 5.82 Å². The number of hydrogen-bond acceptors (Lipinski definition) is 3. The number of benzene rings is 1. The van der Waals surface area contributed by atoms with E-state index in [4.69, 9.17) is 5.11 Å². The molecule has 0 spiro atoms. The predicted octanol–water partition coefficient (Wildman–Crippen LogP) is 2.15. The number of rotatable bonds is 6. The van der Waals surface area contributed by atoms with E-state index in [1.807, 2.05) is 13.8 Å². The Bertz CT molecular complexity index is 433. The monoisotopic (exact) mass is 269 g/mol. The molecule has 0 radical (unpaired) electrons. The van der Waals surface area contributed by atoms with Gasteiger partial charge in [0.1, 0.15) is 11.6 Å². The van der Waals surface area contributed by atoms with Gasteiger partial charge in [-0.1, -0.05) is 13.8 Å². The van der Waals surface area contributed by atoms with E-state index >= 15 is 0 Å². The summed E-state index contributed by atoms with van der Waals surface area (Å²) in [6, 6.07) is 3.30. The van der Waals surface area contributed by atoms with Crippen LogP contribution < -0.4 is 0 Å². The molecule has 19 heavy (non-hydrogen) atoms. The van der Waals surface area contributed by atoms with Crippen molar-refractivity contribution in [2.75, 3.05) is 13.2 Å². The van der Waals surface area contributed by atoms with E-state index in [1.165, 1.54) is 11.0 Å². The molecule has 0 fully saturated rings. The Kier molecular flexibility index (Phi) is 5.76. The molecule has 0 atom stereocenters. The van der Waals surface area contributed by atoms with Crippen LogP contribution in [0.15, 0.2) is 18.2 Å². The van der Waals surface area contributed by atoms with Crippen LogP contribution in [-0.4, -0.2) is 40.2 Å². The lowest BCUT2D eigenvalue weighted by Gasteiger charge is -2.30. The highest BCUT2D eigenvalue weighted by molar-refractivity contribution is 5.97. The van der Waals surface area contributed by atoms with Crippen molar-refractivity contribution in [3.8, 4) is 5.75 Å². The van der Waals surface area contributed by atoms with Gasteiger partial charge in [0.15, 0.2) is 0 Å². The van der Waals surface area contributed by atoms with Crippen molar-refractivity contribution in [3.63, 3.8) is 0 Å². The minimum absolute atomic E-state index is 0.0101. The molecule has 0 aliphatic heterocycles. The highest BCUT2D eigenvalue weighted by Crippen LogP contribution is 2.22. The summed E-state index contributed by atoms with van der Waals surface area (Å²) in [6.07, 6.45) is 1.51. The number of halogens is 1. The first-order valence-corrected chi connectivity index (χ1v) is 6.45. The van der Waals surface area contributed by atoms with Gasteiger partial charge in [0.25, 0.3) is 5.91 Å². The molecule has 1 amide bonds. The SMILES string of the molecule is CCC(CC)N(CCO)C(=O)c1ccc(F)cc1O. The molecular formula is C14H20FNO3. The Morgan fingerprint density at radius 3 is 2.47 bits per heavy atom. The van der Waals surface area contributed by atoms with E-state index in [0.29, 0.717) is 0 Å². The lowest BCUT2D eigenvalue weighted by atomic mass is 10.1. The van der Waals surface area contributed by atoms with E-state index in [9.17, 15) is 14.3 Å². The molecule has 0 unspecified atom stereocenters. The van der Waals surface area contributed by atoms with Gasteiger partial charge in [-0.15, -0.1) is 0 Å². The second-order valence-corrected chi connectivity index (χ2v) is 4.35. The van der Waals surface area contributed by atoms with Crippen LogP contribution in [0, 0.1) is 5.82 Å². The molecule has 0 heterocycles. The van der Waals surface area contributed by atoms with E-state index in [0.717, 1.165) is 25.0 Å². The maximum atomic E-state index is 12.9. The zero-order valence-corrected chi connectivity index (χ0v) is 11.3. The van der Waals surface area contributed by atoms with Gasteiger partial charge in [-0.25, -0.2) is 4.39 Å². The fraction of sp³-hybridized carbons (Fsp3) is 0.500. The number of phenols is 1. The van der Waals surface area contributed by atoms with Gasteiger partial charge < -0.3 is 15.1 Å². The van der Waals surface area contributed by atoms with Crippen molar-refractivity contribution < 1.29 is 19.4 Å². The van der Waals surface area contributed by atoms with Crippen molar-refractivity contribution in [1.29, 1.82) is 0 Å². The van der Waals surface area contributed by atoms with Gasteiger partial charge in [0.2, 0.25) is 0 Å². The van der Waals surface area contributed by atoms with Crippen LogP contribution in [0.1, 0.15) is 37.0 Å². The molecule has 1 aromatic carbocycles. The van der Waals surface area contributed by atoms with Crippen LogP contribution in [0.25, 0.3) is 0 Å². The van der Waals surface area contributed by atoms with Gasteiger partial charge in [-0.3, -0.25) is 4.79 Å². The summed E-state index contributed by atoms with van der Waals surface area (Å²) in [5, 5.41) is 18.7. The zero-order valence-electron chi connectivity index (χ0n) is 11.3. The summed E-state index contributed by atoms with van der Waals surface area (Å²) < 4.78 is 12.9. The lowest BCUT2D eigenvalue weighted by molar-refractivity contribution is 0.0619. The Labute approximate surface area is 112 Å². The molecule has 0 aliphatic rings. The molecule has 0 aliphatic carbocycles. The summed E-state index contributed by atoms with van der Waals surface area (Å²) in [4.78, 5) is 13.9. The fourth-order valence-electron chi connectivity index (χ4n) is 2.13. The summed E-state index contributed by atoms with van der Waals surface area (Å²) in [5.74, 6) is -1.36. The number of aliphatic hydroxyl groups excluding tert-OH is 1. The van der Waals surface area contributed by atoms with Crippen LogP contribution in [0.3, 0.4) is 0 Å². The first kappa shape index (κ1) is 15.4. The molecule has 0 saturated carbocycles. The highest BCUT2D eigenvalue weighted by Gasteiger charge is 2.24. The van der Waals surface area contributed by atoms with Crippen molar-refractivity contribution in [2.45, 2.75) is 32.7 Å². The Morgan fingerprint density at radius 1 is 1.37 bits per heavy atom. The van der Waals surface area contributed by atoms with Crippen molar-refractivity contribution in [1.82, 2.24) is 4.90 Å². The minimum Gasteiger partial charge on any atom is -0.507 e. The molecule has 106 valence electrons. The summed E-state index contributed by atoms with van der Waals surface area (Å²) in [5.41, 5.74) is 0.0572. The number of aromatic hydroxyl groups is 1. The second kappa shape index (κ2) is 7.09. The molecule has 5 heteroatoms. The Morgan fingerprint density at radius 2 is 2.00 bits per heavy atom. The molecular weight excluding hydrogens is 249 g/mol. The first-order chi connectivity index (χ1) is 9.04. The predicted molar refractivity (Wildman–Crippen MR) is 70.6 cm³/mol. The smallest absolute Gasteiger partial charge is 0.257 e. The average molecular weight is 269 g/mol. The molecule has 0 aromatic heterocycles. The quantitative estimate of drug-likeness (QED) is 0.832. The summed E-state index contributed by atoms with van der Waals surface area (Å²) >= 11 is 0. The van der Waals surface area contributed by atoms with Gasteiger partial charge in [-0.05, 0) is 25.0 Å². The summed E-state index contributed by atoms with van der Waals surface area (Å²) in [6.45, 7) is 3.96. The molecule has 1 aromatic rings. The Hall–Kier alpha value is -1.62. The third kappa shape index (κ3) is 3.67. The minimum atomic E-state index is -0.592. The highest BCUT2D eigenvalue weighted by atomic mass is 19.1. The van der Waals surface area contributed by atoms with E-state index in [-0.39, 0.29) is 36.4 Å². The van der Waals surface area contributed by atoms with Gasteiger partial charge in [0, 0.05) is 18.7 Å². The van der Waals surface area contributed by atoms with Crippen LogP contribution in [0.2, 0.25) is 0 Å². The second-order valence-electron chi connectivity index (χ2n) is 4.35. The van der Waals surface area contributed by atoms with Crippen molar-refractivity contribution >= 4 is 5.91 Å². The number of amides is 1. The third-order valence-corrected chi connectivity index (χ3v) is 3.18. The van der Waals surface area contributed by atoms with E-state index in [2.05, 4.69) is 0 Å². The van der Waals surface area contributed by atoms with Crippen molar-refractivity contribution in [3.05, 3.63) is 29.6 Å². The Balaban J connectivity index is 3.04. The zero-order chi connectivity index (χ0) is 14.4. The van der Waals surface area contributed by atoms with Crippen LogP contribution >= 0.6 is 0 Å². The number of phenolic OH excluding ortho intramolecular Hbond substituents is 1. The van der Waals surface area contributed by atoms with Gasteiger partial charge >= 0.3 is 0 Å². The lowest BCUT2D eigenvalue weighted by Crippen LogP contribution is -2.41.